The van der Waals surface area contributed by atoms with Crippen LogP contribution in [0.5, 0.6) is 0 Å². The molecule has 1 aliphatic heterocycles. The second-order valence-electron chi connectivity index (χ2n) is 6.72. The highest BCUT2D eigenvalue weighted by atomic mass is 16.5. The number of ether oxygens (including phenoxy) is 1. The predicted molar refractivity (Wildman–Crippen MR) is 108 cm³/mol. The van der Waals surface area contributed by atoms with Crippen LogP contribution in [0.25, 0.3) is 10.9 Å². The van der Waals surface area contributed by atoms with Gasteiger partial charge in [-0.15, -0.1) is 0 Å². The number of piperazine rings is 1. The number of H-pyrrole nitrogens is 1. The quantitative estimate of drug-likeness (QED) is 0.675. The summed E-state index contributed by atoms with van der Waals surface area (Å²) in [6, 6.07) is 13.9. The maximum Gasteiger partial charge on any atom is 0.339 e. The van der Waals surface area contributed by atoms with Crippen LogP contribution in [0, 0.1) is 0 Å². The van der Waals surface area contributed by atoms with Crippen LogP contribution in [0.1, 0.15) is 10.4 Å². The van der Waals surface area contributed by atoms with E-state index < -0.39 is 11.5 Å². The molecule has 1 amide bonds. The van der Waals surface area contributed by atoms with Crippen LogP contribution in [0.15, 0.2) is 59.5 Å². The molecule has 1 aromatic carbocycles. The summed E-state index contributed by atoms with van der Waals surface area (Å²) in [4.78, 5) is 47.5. The molecule has 1 saturated heterocycles. The van der Waals surface area contributed by atoms with Crippen molar-refractivity contribution in [3.05, 3.63) is 70.6 Å². The molecule has 2 aromatic heterocycles. The number of carbonyl (C=O) groups excluding carboxylic acids is 2. The van der Waals surface area contributed by atoms with Crippen molar-refractivity contribution in [2.75, 3.05) is 37.7 Å². The van der Waals surface area contributed by atoms with Gasteiger partial charge in [0.05, 0.1) is 5.56 Å². The summed E-state index contributed by atoms with van der Waals surface area (Å²) in [6.07, 6.45) is 1.74. The topological polar surface area (TPSA) is 95.6 Å². The van der Waals surface area contributed by atoms with Crippen LogP contribution in [0.3, 0.4) is 0 Å². The third-order valence-corrected chi connectivity index (χ3v) is 4.90. The van der Waals surface area contributed by atoms with Crippen molar-refractivity contribution in [3.8, 4) is 0 Å². The number of benzene rings is 1. The second kappa shape index (κ2) is 8.14. The van der Waals surface area contributed by atoms with Crippen molar-refractivity contribution in [2.24, 2.45) is 0 Å². The van der Waals surface area contributed by atoms with Crippen molar-refractivity contribution >= 4 is 28.6 Å². The fourth-order valence-corrected chi connectivity index (χ4v) is 3.40. The van der Waals surface area contributed by atoms with Gasteiger partial charge in [-0.3, -0.25) is 9.59 Å². The highest BCUT2D eigenvalue weighted by molar-refractivity contribution is 6.03. The van der Waals surface area contributed by atoms with E-state index in [1.807, 2.05) is 18.2 Å². The molecule has 4 rings (SSSR count). The average molecular weight is 392 g/mol. The number of hydrogen-bond acceptors (Lipinski definition) is 6. The van der Waals surface area contributed by atoms with Crippen molar-refractivity contribution in [1.29, 1.82) is 0 Å². The lowest BCUT2D eigenvalue weighted by Gasteiger charge is -2.35. The minimum absolute atomic E-state index is 0.150. The molecule has 1 N–H and O–H groups in total. The smallest absolute Gasteiger partial charge is 0.339 e. The van der Waals surface area contributed by atoms with Crippen molar-refractivity contribution in [1.82, 2.24) is 14.9 Å². The van der Waals surface area contributed by atoms with E-state index in [-0.39, 0.29) is 18.1 Å². The first-order valence-corrected chi connectivity index (χ1v) is 9.35. The summed E-state index contributed by atoms with van der Waals surface area (Å²) in [5, 5.41) is 0.577. The zero-order valence-electron chi connectivity index (χ0n) is 15.7. The first-order valence-electron chi connectivity index (χ1n) is 9.35. The van der Waals surface area contributed by atoms with Crippen LogP contribution >= 0.6 is 0 Å². The third-order valence-electron chi connectivity index (χ3n) is 4.90. The van der Waals surface area contributed by atoms with Gasteiger partial charge in [-0.05, 0) is 18.2 Å². The molecule has 0 unspecified atom stereocenters. The number of nitrogens with zero attached hydrogens (tertiary/aromatic N) is 3. The van der Waals surface area contributed by atoms with E-state index in [0.717, 1.165) is 5.82 Å². The average Bonchev–Trinajstić information content (AvgIpc) is 2.77. The SMILES string of the molecule is O=C(OCC(=O)N1CCN(c2ccccn2)CC1)c1cc(=O)[nH]c2ccccc12. The molecule has 3 heterocycles. The molecular formula is C21H20N4O4. The summed E-state index contributed by atoms with van der Waals surface area (Å²) in [6.45, 7) is 2.02. The molecule has 1 fully saturated rings. The van der Waals surface area contributed by atoms with Crippen molar-refractivity contribution < 1.29 is 14.3 Å². The number of esters is 1. The Kier molecular flexibility index (Phi) is 5.24. The van der Waals surface area contributed by atoms with Gasteiger partial charge in [0, 0.05) is 49.3 Å². The Morgan fingerprint density at radius 3 is 2.55 bits per heavy atom. The van der Waals surface area contributed by atoms with Gasteiger partial charge in [-0.25, -0.2) is 9.78 Å². The third kappa shape index (κ3) is 4.11. The van der Waals surface area contributed by atoms with E-state index in [1.165, 1.54) is 6.07 Å². The molecule has 0 bridgehead atoms. The molecule has 0 radical (unpaired) electrons. The van der Waals surface area contributed by atoms with Crippen molar-refractivity contribution in [2.45, 2.75) is 0 Å². The van der Waals surface area contributed by atoms with Gasteiger partial charge >= 0.3 is 5.97 Å². The lowest BCUT2D eigenvalue weighted by molar-refractivity contribution is -0.134. The van der Waals surface area contributed by atoms with Crippen LogP contribution < -0.4 is 10.5 Å². The monoisotopic (exact) mass is 392 g/mol. The predicted octanol–water partition coefficient (Wildman–Crippen LogP) is 1.43. The normalized spacial score (nSPS) is 14.1. The molecule has 0 spiro atoms. The maximum atomic E-state index is 12.5. The van der Waals surface area contributed by atoms with Gasteiger partial charge in [0.1, 0.15) is 5.82 Å². The Labute approximate surface area is 166 Å². The van der Waals surface area contributed by atoms with E-state index in [4.69, 9.17) is 4.74 Å². The fourth-order valence-electron chi connectivity index (χ4n) is 3.40. The number of nitrogens with one attached hydrogen (secondary N) is 1. The van der Waals surface area contributed by atoms with E-state index in [2.05, 4.69) is 14.9 Å². The summed E-state index contributed by atoms with van der Waals surface area (Å²) >= 11 is 0. The van der Waals surface area contributed by atoms with Crippen molar-refractivity contribution in [3.63, 3.8) is 0 Å². The molecular weight excluding hydrogens is 372 g/mol. The highest BCUT2D eigenvalue weighted by Crippen LogP contribution is 2.16. The lowest BCUT2D eigenvalue weighted by atomic mass is 10.1. The Hall–Kier alpha value is -3.68. The summed E-state index contributed by atoms with van der Waals surface area (Å²) < 4.78 is 5.21. The molecule has 8 nitrogen and oxygen atoms in total. The van der Waals surface area contributed by atoms with E-state index in [1.54, 1.807) is 35.4 Å². The molecule has 148 valence electrons. The van der Waals surface area contributed by atoms with Crippen LogP contribution in [-0.4, -0.2) is 59.5 Å². The number of fused-ring (bicyclic) bond motifs is 1. The highest BCUT2D eigenvalue weighted by Gasteiger charge is 2.23. The molecule has 1 aliphatic rings. The minimum atomic E-state index is -0.687. The summed E-state index contributed by atoms with van der Waals surface area (Å²) in [7, 11) is 0. The van der Waals surface area contributed by atoms with Gasteiger partial charge in [0.15, 0.2) is 6.61 Å². The zero-order valence-corrected chi connectivity index (χ0v) is 15.7. The standard InChI is InChI=1S/C21H20N4O4/c26-19-13-16(15-5-1-2-6-17(15)23-19)21(28)29-14-20(27)25-11-9-24(10-12-25)18-7-3-4-8-22-18/h1-8,13H,9-12,14H2,(H,23,26). The van der Waals surface area contributed by atoms with Gasteiger partial charge in [0.2, 0.25) is 5.56 Å². The van der Waals surface area contributed by atoms with E-state index >= 15 is 0 Å². The zero-order chi connectivity index (χ0) is 20.2. The van der Waals surface area contributed by atoms with Gasteiger partial charge in [-0.1, -0.05) is 24.3 Å². The van der Waals surface area contributed by atoms with E-state index in [9.17, 15) is 14.4 Å². The number of aromatic amines is 1. The lowest BCUT2D eigenvalue weighted by Crippen LogP contribution is -2.50. The number of hydrogen-bond donors (Lipinski definition) is 1. The molecule has 8 heteroatoms. The number of anilines is 1. The molecule has 0 atom stereocenters. The number of aromatic nitrogens is 2. The number of carbonyl (C=O) groups is 2. The molecule has 0 aliphatic carbocycles. The Morgan fingerprint density at radius 2 is 1.79 bits per heavy atom. The van der Waals surface area contributed by atoms with Crippen LogP contribution in [0.2, 0.25) is 0 Å². The van der Waals surface area contributed by atoms with Gasteiger partial charge in [-0.2, -0.15) is 0 Å². The van der Waals surface area contributed by atoms with Crippen LogP contribution in [0.4, 0.5) is 5.82 Å². The van der Waals surface area contributed by atoms with Gasteiger partial charge in [0.25, 0.3) is 5.91 Å². The first kappa shape index (κ1) is 18.7. The maximum absolute atomic E-state index is 12.5. The number of pyridine rings is 2. The molecule has 29 heavy (non-hydrogen) atoms. The summed E-state index contributed by atoms with van der Waals surface area (Å²) in [5.41, 5.74) is 0.300. The van der Waals surface area contributed by atoms with Crippen LogP contribution in [-0.2, 0) is 9.53 Å². The van der Waals surface area contributed by atoms with E-state index in [0.29, 0.717) is 37.1 Å². The Bertz CT molecular complexity index is 1090. The molecule has 0 saturated carbocycles. The second-order valence-corrected chi connectivity index (χ2v) is 6.72. The Morgan fingerprint density at radius 1 is 1.03 bits per heavy atom. The number of rotatable bonds is 4. The first-order chi connectivity index (χ1) is 14.1. The fraction of sp³-hybridized carbons (Fsp3) is 0.238. The molecule has 3 aromatic rings. The van der Waals surface area contributed by atoms with Gasteiger partial charge < -0.3 is 19.5 Å². The number of amides is 1. The Balaban J connectivity index is 1.36. The minimum Gasteiger partial charge on any atom is -0.452 e. The number of para-hydroxylation sites is 1. The summed E-state index contributed by atoms with van der Waals surface area (Å²) in [5.74, 6) is -0.0619. The largest absolute Gasteiger partial charge is 0.452 e.